The Kier molecular flexibility index (Phi) is 6.32. The van der Waals surface area contributed by atoms with E-state index in [1.165, 1.54) is 29.6 Å². The number of urea groups is 1. The van der Waals surface area contributed by atoms with Crippen molar-refractivity contribution < 1.29 is 14.4 Å². The van der Waals surface area contributed by atoms with Crippen LogP contribution < -0.4 is 16.0 Å². The summed E-state index contributed by atoms with van der Waals surface area (Å²) >= 11 is 2.54. The van der Waals surface area contributed by atoms with E-state index in [2.05, 4.69) is 25.9 Å². The van der Waals surface area contributed by atoms with Gasteiger partial charge < -0.3 is 10.6 Å². The van der Waals surface area contributed by atoms with Gasteiger partial charge in [-0.3, -0.25) is 14.9 Å². The fourth-order valence-electron chi connectivity index (χ4n) is 2.01. The van der Waals surface area contributed by atoms with E-state index in [1.807, 2.05) is 20.8 Å². The van der Waals surface area contributed by atoms with Crippen LogP contribution in [0.15, 0.2) is 5.38 Å². The molecule has 2 aromatic heterocycles. The molecule has 8 nitrogen and oxygen atoms in total. The standard InChI is InChI=1S/C17H23N5O3S2/c1-8(11-7-26-15(19-11)21-13(24)17(4,5)6)18-14(25)22-16-20-12(9(2)23)10(3)27-16/h7-8H,1-6H3,(H,19,21,24)(H2,18,20,22,25). The van der Waals surface area contributed by atoms with E-state index in [-0.39, 0.29) is 17.7 Å². The number of nitrogens with zero attached hydrogens (tertiary/aromatic N) is 2. The molecule has 0 saturated heterocycles. The smallest absolute Gasteiger partial charge is 0.321 e. The Morgan fingerprint density at radius 3 is 2.33 bits per heavy atom. The number of rotatable bonds is 5. The van der Waals surface area contributed by atoms with Crippen molar-refractivity contribution in [2.75, 3.05) is 10.6 Å². The average molecular weight is 410 g/mol. The van der Waals surface area contributed by atoms with Gasteiger partial charge in [0, 0.05) is 22.6 Å². The Bertz CT molecular complexity index is 866. The average Bonchev–Trinajstić information content (AvgIpc) is 3.13. The molecule has 2 rings (SSSR count). The van der Waals surface area contributed by atoms with E-state index in [9.17, 15) is 14.4 Å². The molecule has 2 heterocycles. The van der Waals surface area contributed by atoms with E-state index >= 15 is 0 Å². The molecule has 1 atom stereocenters. The Balaban J connectivity index is 1.96. The van der Waals surface area contributed by atoms with Crippen molar-refractivity contribution in [3.8, 4) is 0 Å². The minimum absolute atomic E-state index is 0.123. The summed E-state index contributed by atoms with van der Waals surface area (Å²) in [5.74, 6) is -0.264. The molecule has 0 aliphatic rings. The van der Waals surface area contributed by atoms with Crippen LogP contribution in [0.4, 0.5) is 15.1 Å². The molecule has 27 heavy (non-hydrogen) atoms. The number of nitrogens with one attached hydrogen (secondary N) is 3. The molecule has 0 aliphatic heterocycles. The van der Waals surface area contributed by atoms with Gasteiger partial charge >= 0.3 is 6.03 Å². The number of carbonyl (C=O) groups is 3. The van der Waals surface area contributed by atoms with Gasteiger partial charge in [-0.1, -0.05) is 20.8 Å². The number of carbonyl (C=O) groups excluding carboxylic acids is 3. The SMILES string of the molecule is CC(=O)c1nc(NC(=O)NC(C)c2csc(NC(=O)C(C)(C)C)n2)sc1C. The van der Waals surface area contributed by atoms with Crippen molar-refractivity contribution in [2.45, 2.75) is 47.6 Å². The first-order chi connectivity index (χ1) is 12.5. The van der Waals surface area contributed by atoms with E-state index in [4.69, 9.17) is 0 Å². The van der Waals surface area contributed by atoms with E-state index in [1.54, 1.807) is 19.2 Å². The zero-order valence-corrected chi connectivity index (χ0v) is 17.7. The molecule has 10 heteroatoms. The second-order valence-electron chi connectivity index (χ2n) is 7.08. The lowest BCUT2D eigenvalue weighted by molar-refractivity contribution is -0.123. The highest BCUT2D eigenvalue weighted by atomic mass is 32.1. The van der Waals surface area contributed by atoms with Gasteiger partial charge in [0.15, 0.2) is 16.0 Å². The molecule has 3 N–H and O–H groups in total. The number of amides is 3. The molecule has 0 aromatic carbocycles. The van der Waals surface area contributed by atoms with Gasteiger partial charge in [-0.25, -0.2) is 14.8 Å². The molecule has 2 aromatic rings. The largest absolute Gasteiger partial charge is 0.330 e. The number of ketones is 1. The minimum atomic E-state index is -0.514. The summed E-state index contributed by atoms with van der Waals surface area (Å²) in [4.78, 5) is 44.9. The number of hydrogen-bond donors (Lipinski definition) is 3. The van der Waals surface area contributed by atoms with Crippen molar-refractivity contribution >= 4 is 50.7 Å². The van der Waals surface area contributed by atoms with Crippen LogP contribution in [-0.2, 0) is 4.79 Å². The fourth-order valence-corrected chi connectivity index (χ4v) is 3.66. The molecule has 0 fully saturated rings. The number of thiazole rings is 2. The highest BCUT2D eigenvalue weighted by molar-refractivity contribution is 7.16. The molecule has 0 saturated carbocycles. The molecule has 1 unspecified atom stereocenters. The van der Waals surface area contributed by atoms with Gasteiger partial charge in [-0.15, -0.1) is 22.7 Å². The van der Waals surface area contributed by atoms with Crippen LogP contribution >= 0.6 is 22.7 Å². The van der Waals surface area contributed by atoms with Gasteiger partial charge in [0.1, 0.15) is 5.69 Å². The predicted molar refractivity (Wildman–Crippen MR) is 108 cm³/mol. The molecular formula is C17H23N5O3S2. The topological polar surface area (TPSA) is 113 Å². The number of aromatic nitrogens is 2. The Morgan fingerprint density at radius 1 is 1.11 bits per heavy atom. The molecule has 3 amide bonds. The minimum Gasteiger partial charge on any atom is -0.330 e. The van der Waals surface area contributed by atoms with E-state index in [0.29, 0.717) is 21.7 Å². The zero-order chi connectivity index (χ0) is 20.4. The normalized spacial score (nSPS) is 12.4. The number of aryl methyl sites for hydroxylation is 1. The summed E-state index contributed by atoms with van der Waals surface area (Å²) in [5.41, 5.74) is 0.487. The van der Waals surface area contributed by atoms with E-state index in [0.717, 1.165) is 4.88 Å². The first kappa shape index (κ1) is 21.0. The van der Waals surface area contributed by atoms with Crippen LogP contribution in [-0.4, -0.2) is 27.7 Å². The summed E-state index contributed by atoms with van der Waals surface area (Å²) < 4.78 is 0. The second kappa shape index (κ2) is 8.13. The van der Waals surface area contributed by atoms with Crippen molar-refractivity contribution in [2.24, 2.45) is 5.41 Å². The van der Waals surface area contributed by atoms with Crippen molar-refractivity contribution in [1.29, 1.82) is 0 Å². The molecular weight excluding hydrogens is 386 g/mol. The predicted octanol–water partition coefficient (Wildman–Crippen LogP) is 3.98. The number of anilines is 2. The molecule has 0 aliphatic carbocycles. The third-order valence-corrected chi connectivity index (χ3v) is 5.23. The third-order valence-electron chi connectivity index (χ3n) is 3.57. The first-order valence-electron chi connectivity index (χ1n) is 8.30. The maximum absolute atomic E-state index is 12.2. The van der Waals surface area contributed by atoms with Crippen LogP contribution in [0, 0.1) is 12.3 Å². The number of Topliss-reactive ketones (excluding diaryl/α,β-unsaturated/α-hetero) is 1. The van der Waals surface area contributed by atoms with Crippen molar-refractivity contribution in [1.82, 2.24) is 15.3 Å². The van der Waals surface area contributed by atoms with Crippen molar-refractivity contribution in [3.63, 3.8) is 0 Å². The van der Waals surface area contributed by atoms with Gasteiger partial charge in [-0.2, -0.15) is 0 Å². The maximum Gasteiger partial charge on any atom is 0.321 e. The van der Waals surface area contributed by atoms with Gasteiger partial charge in [0.25, 0.3) is 0 Å². The van der Waals surface area contributed by atoms with Crippen LogP contribution in [0.1, 0.15) is 61.7 Å². The quantitative estimate of drug-likeness (QED) is 0.647. The lowest BCUT2D eigenvalue weighted by atomic mass is 9.96. The summed E-state index contributed by atoms with van der Waals surface area (Å²) in [6, 6.07) is -0.811. The summed E-state index contributed by atoms with van der Waals surface area (Å²) in [5, 5.41) is 10.8. The third kappa shape index (κ3) is 5.57. The fraction of sp³-hybridized carbons (Fsp3) is 0.471. The Morgan fingerprint density at radius 2 is 1.78 bits per heavy atom. The number of hydrogen-bond acceptors (Lipinski definition) is 7. The lowest BCUT2D eigenvalue weighted by Crippen LogP contribution is -2.31. The Labute approximate surface area is 165 Å². The van der Waals surface area contributed by atoms with Crippen LogP contribution in [0.5, 0.6) is 0 Å². The lowest BCUT2D eigenvalue weighted by Gasteiger charge is -2.16. The van der Waals surface area contributed by atoms with Crippen LogP contribution in [0.3, 0.4) is 0 Å². The van der Waals surface area contributed by atoms with Crippen LogP contribution in [0.2, 0.25) is 0 Å². The maximum atomic E-state index is 12.2. The van der Waals surface area contributed by atoms with E-state index < -0.39 is 11.4 Å². The van der Waals surface area contributed by atoms with Gasteiger partial charge in [-0.05, 0) is 13.8 Å². The Hall–Kier alpha value is -2.33. The second-order valence-corrected chi connectivity index (χ2v) is 9.14. The van der Waals surface area contributed by atoms with Gasteiger partial charge in [0.05, 0.1) is 11.7 Å². The van der Waals surface area contributed by atoms with Crippen molar-refractivity contribution in [3.05, 3.63) is 21.6 Å². The molecule has 0 bridgehead atoms. The summed E-state index contributed by atoms with van der Waals surface area (Å²) in [6.45, 7) is 10.5. The monoisotopic (exact) mass is 409 g/mol. The zero-order valence-electron chi connectivity index (χ0n) is 16.1. The summed E-state index contributed by atoms with van der Waals surface area (Å²) in [6.07, 6.45) is 0. The molecule has 0 radical (unpaired) electrons. The van der Waals surface area contributed by atoms with Gasteiger partial charge in [0.2, 0.25) is 5.91 Å². The van der Waals surface area contributed by atoms with Crippen LogP contribution in [0.25, 0.3) is 0 Å². The highest BCUT2D eigenvalue weighted by Crippen LogP contribution is 2.24. The molecule has 0 spiro atoms. The first-order valence-corrected chi connectivity index (χ1v) is 9.99. The highest BCUT2D eigenvalue weighted by Gasteiger charge is 2.23. The summed E-state index contributed by atoms with van der Waals surface area (Å²) in [7, 11) is 0. The molecule has 146 valence electrons.